The van der Waals surface area contributed by atoms with Gasteiger partial charge in [0.05, 0.1) is 11.3 Å². The monoisotopic (exact) mass is 318 g/mol. The number of nitrogens with zero attached hydrogens (tertiary/aromatic N) is 1. The molecule has 2 aromatic rings. The third-order valence-electron chi connectivity index (χ3n) is 2.45. The molecule has 1 atom stereocenters. The second-order valence-corrected chi connectivity index (χ2v) is 4.80. The van der Waals surface area contributed by atoms with Crippen LogP contribution in [-0.4, -0.2) is 22.4 Å². The lowest BCUT2D eigenvalue weighted by molar-refractivity contribution is -0.274. The number of hydrogen-bond acceptors (Lipinski definition) is 5. The highest BCUT2D eigenvalue weighted by Crippen LogP contribution is 2.35. The number of halogens is 3. The molecule has 0 saturated heterocycles. The first-order valence-corrected chi connectivity index (χ1v) is 6.45. The van der Waals surface area contributed by atoms with Crippen LogP contribution in [0.2, 0.25) is 0 Å². The Kier molecular flexibility index (Phi) is 4.14. The van der Waals surface area contributed by atoms with Gasteiger partial charge in [-0.05, 0) is 12.1 Å². The van der Waals surface area contributed by atoms with Gasteiger partial charge in [0.25, 0.3) is 0 Å². The molecule has 0 bridgehead atoms. The Morgan fingerprint density at radius 1 is 1.38 bits per heavy atom. The van der Waals surface area contributed by atoms with E-state index in [4.69, 9.17) is 10.8 Å². The second kappa shape index (κ2) is 5.70. The molecule has 0 radical (unpaired) electrons. The Hall–Kier alpha value is -2.13. The minimum absolute atomic E-state index is 0.0734. The molecule has 3 N–H and O–H groups in total. The van der Waals surface area contributed by atoms with E-state index in [9.17, 15) is 18.0 Å². The summed E-state index contributed by atoms with van der Waals surface area (Å²) in [6.45, 7) is 0. The van der Waals surface area contributed by atoms with E-state index in [0.717, 1.165) is 17.4 Å². The lowest BCUT2D eigenvalue weighted by Gasteiger charge is -2.11. The van der Waals surface area contributed by atoms with Gasteiger partial charge in [0, 0.05) is 5.38 Å². The third kappa shape index (κ3) is 3.70. The van der Waals surface area contributed by atoms with Crippen molar-refractivity contribution < 1.29 is 27.8 Å². The van der Waals surface area contributed by atoms with E-state index in [0.29, 0.717) is 0 Å². The Bertz CT molecular complexity index is 657. The molecule has 112 valence electrons. The zero-order chi connectivity index (χ0) is 15.6. The minimum atomic E-state index is -4.83. The van der Waals surface area contributed by atoms with Crippen molar-refractivity contribution in [2.45, 2.75) is 12.4 Å². The van der Waals surface area contributed by atoms with Crippen LogP contribution in [0.3, 0.4) is 0 Å². The first kappa shape index (κ1) is 15.3. The normalized spacial score (nSPS) is 13.0. The molecule has 0 aliphatic carbocycles. The van der Waals surface area contributed by atoms with Gasteiger partial charge in [-0.3, -0.25) is 4.79 Å². The van der Waals surface area contributed by atoms with Crippen molar-refractivity contribution in [2.24, 2.45) is 5.73 Å². The van der Waals surface area contributed by atoms with Gasteiger partial charge in [0.2, 0.25) is 0 Å². The fourth-order valence-electron chi connectivity index (χ4n) is 1.54. The molecule has 0 aliphatic heterocycles. The van der Waals surface area contributed by atoms with Gasteiger partial charge in [0.15, 0.2) is 0 Å². The average molecular weight is 318 g/mol. The topological polar surface area (TPSA) is 85.4 Å². The summed E-state index contributed by atoms with van der Waals surface area (Å²) in [5, 5.41) is 10.4. The predicted octanol–water partition coefficient (Wildman–Crippen LogP) is 2.79. The molecule has 0 amide bonds. The molecule has 0 spiro atoms. The van der Waals surface area contributed by atoms with Crippen LogP contribution in [0.4, 0.5) is 13.2 Å². The van der Waals surface area contributed by atoms with Gasteiger partial charge >= 0.3 is 12.3 Å². The summed E-state index contributed by atoms with van der Waals surface area (Å²) in [7, 11) is 0. The van der Waals surface area contributed by atoms with Crippen LogP contribution in [0.15, 0.2) is 29.6 Å². The van der Waals surface area contributed by atoms with Crippen molar-refractivity contribution in [3.63, 3.8) is 0 Å². The van der Waals surface area contributed by atoms with Gasteiger partial charge < -0.3 is 15.6 Å². The van der Waals surface area contributed by atoms with Crippen LogP contribution in [0.25, 0.3) is 10.6 Å². The number of carboxylic acid groups (broad SMARTS) is 1. The molecule has 1 aromatic heterocycles. The van der Waals surface area contributed by atoms with Gasteiger partial charge in [-0.2, -0.15) is 0 Å². The Morgan fingerprint density at radius 2 is 2.05 bits per heavy atom. The SMILES string of the molecule is NC(C(=O)O)c1csc(-c2ccccc2OC(F)(F)F)n1. The number of rotatable bonds is 4. The highest BCUT2D eigenvalue weighted by molar-refractivity contribution is 7.13. The maximum Gasteiger partial charge on any atom is 0.573 e. The van der Waals surface area contributed by atoms with Crippen molar-refractivity contribution in [2.75, 3.05) is 0 Å². The van der Waals surface area contributed by atoms with E-state index in [2.05, 4.69) is 9.72 Å². The van der Waals surface area contributed by atoms with E-state index >= 15 is 0 Å². The molecule has 21 heavy (non-hydrogen) atoms. The number of para-hydroxylation sites is 1. The number of carboxylic acids is 1. The zero-order valence-corrected chi connectivity index (χ0v) is 11.1. The maximum absolute atomic E-state index is 12.3. The number of benzene rings is 1. The van der Waals surface area contributed by atoms with E-state index < -0.39 is 24.1 Å². The number of hydrogen-bond donors (Lipinski definition) is 2. The highest BCUT2D eigenvalue weighted by atomic mass is 32.1. The van der Waals surface area contributed by atoms with Crippen molar-refractivity contribution >= 4 is 17.3 Å². The van der Waals surface area contributed by atoms with Gasteiger partial charge in [0.1, 0.15) is 16.8 Å². The van der Waals surface area contributed by atoms with Crippen molar-refractivity contribution in [1.82, 2.24) is 4.98 Å². The maximum atomic E-state index is 12.3. The van der Waals surface area contributed by atoms with Crippen LogP contribution in [0.1, 0.15) is 11.7 Å². The van der Waals surface area contributed by atoms with Crippen LogP contribution in [-0.2, 0) is 4.79 Å². The van der Waals surface area contributed by atoms with Gasteiger partial charge in [-0.1, -0.05) is 12.1 Å². The first-order chi connectivity index (χ1) is 9.78. The molecule has 1 aromatic carbocycles. The number of ether oxygens (including phenoxy) is 1. The summed E-state index contributed by atoms with van der Waals surface area (Å²) in [5.74, 6) is -1.68. The van der Waals surface area contributed by atoms with E-state index in [1.807, 2.05) is 0 Å². The summed E-state index contributed by atoms with van der Waals surface area (Å²) in [5.41, 5.74) is 5.59. The summed E-state index contributed by atoms with van der Waals surface area (Å²) in [6.07, 6.45) is -4.83. The van der Waals surface area contributed by atoms with Crippen LogP contribution >= 0.6 is 11.3 Å². The molecule has 0 saturated carbocycles. The molecule has 9 heteroatoms. The van der Waals surface area contributed by atoms with Crippen LogP contribution in [0, 0.1) is 0 Å². The molecule has 1 heterocycles. The lowest BCUT2D eigenvalue weighted by atomic mass is 10.2. The van der Waals surface area contributed by atoms with Crippen molar-refractivity contribution in [1.29, 1.82) is 0 Å². The Labute approximate surface area is 120 Å². The number of alkyl halides is 3. The second-order valence-electron chi connectivity index (χ2n) is 3.94. The number of nitrogens with two attached hydrogens (primary N) is 1. The van der Waals surface area contributed by atoms with Crippen molar-refractivity contribution in [3.05, 3.63) is 35.3 Å². The molecule has 2 rings (SSSR count). The van der Waals surface area contributed by atoms with Gasteiger partial charge in [-0.15, -0.1) is 24.5 Å². The average Bonchev–Trinajstić information content (AvgIpc) is 2.85. The van der Waals surface area contributed by atoms with E-state index in [-0.39, 0.29) is 16.3 Å². The highest BCUT2D eigenvalue weighted by Gasteiger charge is 2.32. The third-order valence-corrected chi connectivity index (χ3v) is 3.34. The Morgan fingerprint density at radius 3 is 2.67 bits per heavy atom. The molecule has 1 unspecified atom stereocenters. The predicted molar refractivity (Wildman–Crippen MR) is 68.8 cm³/mol. The number of thiazole rings is 1. The summed E-state index contributed by atoms with van der Waals surface area (Å²) in [4.78, 5) is 14.7. The fourth-order valence-corrected chi connectivity index (χ4v) is 2.42. The fraction of sp³-hybridized carbons (Fsp3) is 0.167. The largest absolute Gasteiger partial charge is 0.573 e. The Balaban J connectivity index is 2.37. The first-order valence-electron chi connectivity index (χ1n) is 5.57. The van der Waals surface area contributed by atoms with Crippen LogP contribution in [0.5, 0.6) is 5.75 Å². The number of aliphatic carboxylic acids is 1. The standard InChI is InChI=1S/C12H9F3N2O3S/c13-12(14,15)20-8-4-2-1-3-6(8)10-17-7(5-21-10)9(16)11(18)19/h1-5,9H,16H2,(H,18,19). The smallest absolute Gasteiger partial charge is 0.480 e. The molecule has 0 fully saturated rings. The summed E-state index contributed by atoms with van der Waals surface area (Å²) in [6, 6.07) is 4.14. The zero-order valence-electron chi connectivity index (χ0n) is 10.3. The van der Waals surface area contributed by atoms with Gasteiger partial charge in [-0.25, -0.2) is 4.98 Å². The molecular weight excluding hydrogens is 309 g/mol. The van der Waals surface area contributed by atoms with Crippen molar-refractivity contribution in [3.8, 4) is 16.3 Å². The molecule has 5 nitrogen and oxygen atoms in total. The van der Waals surface area contributed by atoms with Crippen LogP contribution < -0.4 is 10.5 Å². The number of aromatic nitrogens is 1. The lowest BCUT2D eigenvalue weighted by Crippen LogP contribution is -2.20. The number of carbonyl (C=O) groups is 1. The summed E-state index contributed by atoms with van der Waals surface area (Å²) < 4.78 is 40.9. The minimum Gasteiger partial charge on any atom is -0.480 e. The molecular formula is C12H9F3N2O3S. The summed E-state index contributed by atoms with van der Waals surface area (Å²) >= 11 is 0.987. The quantitative estimate of drug-likeness (QED) is 0.905. The van der Waals surface area contributed by atoms with E-state index in [1.54, 1.807) is 0 Å². The molecule has 0 aliphatic rings. The van der Waals surface area contributed by atoms with E-state index in [1.165, 1.54) is 23.6 Å².